The smallest absolute Gasteiger partial charge is 0.357 e. The van der Waals surface area contributed by atoms with Crippen molar-refractivity contribution in [3.8, 4) is 0 Å². The largest absolute Gasteiger partial charge is 0.363 e. The highest BCUT2D eigenvalue weighted by Crippen LogP contribution is 2.37. The second kappa shape index (κ2) is 6.12. The van der Waals surface area contributed by atoms with E-state index in [9.17, 15) is 9.59 Å². The van der Waals surface area contributed by atoms with Crippen LogP contribution in [0.15, 0.2) is 24.5 Å². The number of aromatic nitrogens is 1. The lowest BCUT2D eigenvalue weighted by atomic mass is 9.81. The summed E-state index contributed by atoms with van der Waals surface area (Å²) in [5, 5.41) is 1.66. The number of pyridine rings is 1. The molecule has 0 N–H and O–H groups in total. The number of carbonyl (C=O) groups is 2. The molecule has 0 bridgehead atoms. The second-order valence-electron chi connectivity index (χ2n) is 6.43. The van der Waals surface area contributed by atoms with Crippen molar-refractivity contribution in [2.45, 2.75) is 51.6 Å². The highest BCUT2D eigenvalue weighted by atomic mass is 35.5. The Labute approximate surface area is 131 Å². The number of carbonyl (C=O) groups excluding carboxylic acids is 2. The molecular formula is C15H21ClN2O3. The van der Waals surface area contributed by atoms with Crippen LogP contribution in [0, 0.1) is 0 Å². The minimum atomic E-state index is -0.512. The number of rotatable bonds is 2. The van der Waals surface area contributed by atoms with E-state index in [1.54, 1.807) is 29.6 Å². The lowest BCUT2D eigenvalue weighted by Crippen LogP contribution is -2.61. The van der Waals surface area contributed by atoms with Gasteiger partial charge in [-0.05, 0) is 39.8 Å². The van der Waals surface area contributed by atoms with Gasteiger partial charge in [0.05, 0.1) is 16.6 Å². The van der Waals surface area contributed by atoms with Gasteiger partial charge >= 0.3 is 5.97 Å². The number of halogens is 1. The van der Waals surface area contributed by atoms with Crippen LogP contribution in [0.1, 0.15) is 50.9 Å². The summed E-state index contributed by atoms with van der Waals surface area (Å²) < 4.78 is 0. The Balaban J connectivity index is 0.00000220. The zero-order valence-corrected chi connectivity index (χ0v) is 13.6. The molecule has 6 heteroatoms. The van der Waals surface area contributed by atoms with E-state index < -0.39 is 17.0 Å². The fourth-order valence-electron chi connectivity index (χ4n) is 2.86. The Hall–Kier alpha value is -1.46. The fraction of sp³-hybridized carbons (Fsp3) is 0.533. The van der Waals surface area contributed by atoms with Gasteiger partial charge in [0.1, 0.15) is 5.78 Å². The number of hydrogen-bond donors (Lipinski definition) is 0. The summed E-state index contributed by atoms with van der Waals surface area (Å²) in [6, 6.07) is 3.22. The van der Waals surface area contributed by atoms with Crippen LogP contribution in [-0.2, 0) is 9.63 Å². The van der Waals surface area contributed by atoms with Crippen LogP contribution >= 0.6 is 12.4 Å². The van der Waals surface area contributed by atoms with Gasteiger partial charge in [0.25, 0.3) is 0 Å². The summed E-state index contributed by atoms with van der Waals surface area (Å²) in [6.45, 7) is 7.63. The summed E-state index contributed by atoms with van der Waals surface area (Å²) in [5.74, 6) is -0.237. The van der Waals surface area contributed by atoms with Gasteiger partial charge in [0.2, 0.25) is 0 Å². The Bertz CT molecular complexity index is 509. The molecule has 116 valence electrons. The summed E-state index contributed by atoms with van der Waals surface area (Å²) in [4.78, 5) is 33.5. The molecule has 0 spiro atoms. The molecule has 0 radical (unpaired) electrons. The summed E-state index contributed by atoms with van der Waals surface area (Å²) in [7, 11) is 0. The molecule has 2 heterocycles. The van der Waals surface area contributed by atoms with Crippen molar-refractivity contribution < 1.29 is 14.4 Å². The first kappa shape index (κ1) is 17.6. The predicted octanol–water partition coefficient (Wildman–Crippen LogP) is 2.80. The van der Waals surface area contributed by atoms with E-state index in [4.69, 9.17) is 4.84 Å². The van der Waals surface area contributed by atoms with Crippen molar-refractivity contribution in [3.05, 3.63) is 30.1 Å². The van der Waals surface area contributed by atoms with Gasteiger partial charge in [0.15, 0.2) is 0 Å². The Morgan fingerprint density at radius 2 is 1.62 bits per heavy atom. The molecule has 0 aromatic carbocycles. The van der Waals surface area contributed by atoms with Crippen LogP contribution < -0.4 is 0 Å². The Morgan fingerprint density at radius 1 is 1.14 bits per heavy atom. The maximum atomic E-state index is 12.2. The van der Waals surface area contributed by atoms with Crippen LogP contribution in [0.3, 0.4) is 0 Å². The third-order valence-electron chi connectivity index (χ3n) is 3.45. The van der Waals surface area contributed by atoms with E-state index in [-0.39, 0.29) is 18.2 Å². The standard InChI is InChI=1S/C15H20N2O3.ClH/c1-14(2)9-12(18)10-15(3,4)17(14)20-13(19)11-5-7-16-8-6-11;/h5-8H,9-10H2,1-4H3;1H. The van der Waals surface area contributed by atoms with Gasteiger partial charge < -0.3 is 4.84 Å². The number of ketones is 1. The summed E-state index contributed by atoms with van der Waals surface area (Å²) in [6.07, 6.45) is 3.85. The van der Waals surface area contributed by atoms with Crippen LogP contribution in [0.5, 0.6) is 0 Å². The van der Waals surface area contributed by atoms with E-state index in [1.165, 1.54) is 0 Å². The molecule has 1 aliphatic heterocycles. The van der Waals surface area contributed by atoms with Gasteiger partial charge in [0, 0.05) is 25.2 Å². The van der Waals surface area contributed by atoms with Crippen molar-refractivity contribution in [3.63, 3.8) is 0 Å². The third kappa shape index (κ3) is 3.80. The van der Waals surface area contributed by atoms with E-state index in [0.29, 0.717) is 18.4 Å². The van der Waals surface area contributed by atoms with Crippen LogP contribution in [-0.4, -0.2) is 32.9 Å². The van der Waals surface area contributed by atoms with Crippen molar-refractivity contribution >= 4 is 24.2 Å². The first-order valence-corrected chi connectivity index (χ1v) is 6.67. The maximum Gasteiger partial charge on any atom is 0.357 e. The molecule has 1 saturated heterocycles. The van der Waals surface area contributed by atoms with Gasteiger partial charge in [-0.3, -0.25) is 9.78 Å². The minimum Gasteiger partial charge on any atom is -0.363 e. The molecular weight excluding hydrogens is 292 g/mol. The van der Waals surface area contributed by atoms with Gasteiger partial charge in [-0.1, -0.05) is 0 Å². The molecule has 1 aliphatic rings. The zero-order chi connectivity index (χ0) is 15.0. The number of Topliss-reactive ketones (excluding diaryl/α,β-unsaturated/α-hetero) is 1. The molecule has 0 saturated carbocycles. The van der Waals surface area contributed by atoms with Gasteiger partial charge in [-0.25, -0.2) is 4.79 Å². The normalized spacial score (nSPS) is 20.5. The van der Waals surface area contributed by atoms with Crippen molar-refractivity contribution in [2.75, 3.05) is 0 Å². The Kier molecular flexibility index (Phi) is 5.12. The molecule has 5 nitrogen and oxygen atoms in total. The molecule has 1 aromatic heterocycles. The van der Waals surface area contributed by atoms with Gasteiger partial charge in [-0.2, -0.15) is 0 Å². The highest BCUT2D eigenvalue weighted by molar-refractivity contribution is 5.89. The summed E-state index contributed by atoms with van der Waals surface area (Å²) >= 11 is 0. The number of nitrogens with zero attached hydrogens (tertiary/aromatic N) is 2. The topological polar surface area (TPSA) is 59.5 Å². The molecule has 0 aliphatic carbocycles. The average Bonchev–Trinajstić information content (AvgIpc) is 2.33. The SMILES string of the molecule is CC1(C)CC(=O)CC(C)(C)N1OC(=O)c1ccncc1.Cl. The van der Waals surface area contributed by atoms with E-state index in [0.717, 1.165) is 0 Å². The first-order chi connectivity index (χ1) is 9.22. The molecule has 1 aromatic rings. The maximum absolute atomic E-state index is 12.2. The van der Waals surface area contributed by atoms with Crippen molar-refractivity contribution in [1.82, 2.24) is 10.0 Å². The first-order valence-electron chi connectivity index (χ1n) is 6.67. The predicted molar refractivity (Wildman–Crippen MR) is 81.1 cm³/mol. The molecule has 0 atom stereocenters. The van der Waals surface area contributed by atoms with Crippen molar-refractivity contribution in [1.29, 1.82) is 0 Å². The highest BCUT2D eigenvalue weighted by Gasteiger charge is 2.47. The monoisotopic (exact) mass is 312 g/mol. The summed E-state index contributed by atoms with van der Waals surface area (Å²) in [5.41, 5.74) is -0.577. The average molecular weight is 313 g/mol. The molecule has 21 heavy (non-hydrogen) atoms. The second-order valence-corrected chi connectivity index (χ2v) is 6.43. The lowest BCUT2D eigenvalue weighted by molar-refractivity contribution is -0.236. The van der Waals surface area contributed by atoms with Crippen LogP contribution in [0.2, 0.25) is 0 Å². The van der Waals surface area contributed by atoms with Crippen LogP contribution in [0.25, 0.3) is 0 Å². The molecule has 1 fully saturated rings. The van der Waals surface area contributed by atoms with E-state index >= 15 is 0 Å². The van der Waals surface area contributed by atoms with E-state index in [1.807, 2.05) is 27.7 Å². The van der Waals surface area contributed by atoms with Crippen LogP contribution in [0.4, 0.5) is 0 Å². The number of hydrogen-bond acceptors (Lipinski definition) is 5. The molecule has 2 rings (SSSR count). The zero-order valence-electron chi connectivity index (χ0n) is 12.8. The van der Waals surface area contributed by atoms with Crippen molar-refractivity contribution in [2.24, 2.45) is 0 Å². The molecule has 0 unspecified atom stereocenters. The number of hydroxylamine groups is 2. The lowest BCUT2D eigenvalue weighted by Gasteiger charge is -2.49. The quantitative estimate of drug-likeness (QED) is 0.840. The number of piperidine rings is 1. The Morgan fingerprint density at radius 3 is 2.10 bits per heavy atom. The van der Waals surface area contributed by atoms with E-state index in [2.05, 4.69) is 4.98 Å². The third-order valence-corrected chi connectivity index (χ3v) is 3.45. The molecule has 0 amide bonds. The minimum absolute atomic E-state index is 0. The fourth-order valence-corrected chi connectivity index (χ4v) is 2.86. The van der Waals surface area contributed by atoms with Gasteiger partial charge in [-0.15, -0.1) is 17.5 Å².